The monoisotopic (exact) mass is 484 g/mol. The maximum atomic E-state index is 8.36. The fraction of sp³-hybridized carbons (Fsp3) is 0.458. The third kappa shape index (κ3) is 7.81. The Morgan fingerprint density at radius 2 is 1.69 bits per heavy atom. The molecule has 4 heterocycles. The number of carbonyl (C=O) groups is 2. The van der Waals surface area contributed by atoms with Gasteiger partial charge in [0.1, 0.15) is 12.7 Å². The standard InChI is InChI=1S/C22H28N6O.2CH2O2/c1-2-20-14-19(3-4-21(20)23-7-1)15-26-8-5-22(6-9-26)16-27(12-13-29-22)10-11-28-17-24-25-18-28;2*2-1-3/h1-4,7,14,17-18H,5-6,8-13,15-16H2;2*1H,(H,2,3). The molecule has 0 unspecified atom stereocenters. The number of nitrogens with zero attached hydrogens (tertiary/aromatic N) is 6. The fourth-order valence-electron chi connectivity index (χ4n) is 4.61. The minimum atomic E-state index is -0.250. The second-order valence-corrected chi connectivity index (χ2v) is 8.52. The van der Waals surface area contributed by atoms with Crippen molar-refractivity contribution in [3.8, 4) is 0 Å². The Morgan fingerprint density at radius 3 is 2.40 bits per heavy atom. The van der Waals surface area contributed by atoms with Crippen molar-refractivity contribution in [2.45, 2.75) is 31.5 Å². The Hall–Kier alpha value is -3.41. The molecule has 2 aromatic heterocycles. The summed E-state index contributed by atoms with van der Waals surface area (Å²) in [4.78, 5) is 26.2. The number of hydrogen-bond donors (Lipinski definition) is 2. The lowest BCUT2D eigenvalue weighted by Gasteiger charge is -2.47. The summed E-state index contributed by atoms with van der Waals surface area (Å²) in [7, 11) is 0. The lowest BCUT2D eigenvalue weighted by atomic mass is 9.89. The van der Waals surface area contributed by atoms with Crippen molar-refractivity contribution < 1.29 is 24.5 Å². The van der Waals surface area contributed by atoms with E-state index in [1.807, 2.05) is 16.8 Å². The van der Waals surface area contributed by atoms with Crippen LogP contribution < -0.4 is 0 Å². The molecule has 1 spiro atoms. The Balaban J connectivity index is 0.000000520. The molecule has 0 radical (unpaired) electrons. The number of aromatic nitrogens is 4. The first-order valence-electron chi connectivity index (χ1n) is 11.5. The predicted molar refractivity (Wildman–Crippen MR) is 129 cm³/mol. The van der Waals surface area contributed by atoms with Crippen molar-refractivity contribution in [2.75, 3.05) is 39.3 Å². The molecule has 11 nitrogen and oxygen atoms in total. The van der Waals surface area contributed by atoms with Crippen LogP contribution in [0.1, 0.15) is 18.4 Å². The Kier molecular flexibility index (Phi) is 10.1. The average Bonchev–Trinajstić information content (AvgIpc) is 3.39. The van der Waals surface area contributed by atoms with E-state index in [0.717, 1.165) is 70.8 Å². The highest BCUT2D eigenvalue weighted by molar-refractivity contribution is 5.78. The first kappa shape index (κ1) is 26.2. The van der Waals surface area contributed by atoms with Crippen LogP contribution in [0.15, 0.2) is 49.2 Å². The van der Waals surface area contributed by atoms with Crippen LogP contribution in [0.5, 0.6) is 0 Å². The Morgan fingerprint density at radius 1 is 0.971 bits per heavy atom. The molecule has 11 heteroatoms. The number of ether oxygens (including phenoxy) is 1. The normalized spacial score (nSPS) is 17.6. The van der Waals surface area contributed by atoms with Crippen molar-refractivity contribution in [1.29, 1.82) is 0 Å². The molecular weight excluding hydrogens is 452 g/mol. The molecule has 0 saturated carbocycles. The van der Waals surface area contributed by atoms with Gasteiger partial charge in [-0.3, -0.25) is 24.4 Å². The van der Waals surface area contributed by atoms with E-state index in [2.05, 4.69) is 49.2 Å². The second kappa shape index (κ2) is 13.5. The first-order chi connectivity index (χ1) is 17.1. The van der Waals surface area contributed by atoms with E-state index < -0.39 is 0 Å². The topological polar surface area (TPSA) is 134 Å². The maximum absolute atomic E-state index is 8.36. The van der Waals surface area contributed by atoms with E-state index in [4.69, 9.17) is 24.5 Å². The van der Waals surface area contributed by atoms with Crippen LogP contribution >= 0.6 is 0 Å². The molecule has 0 bridgehead atoms. The number of benzene rings is 1. The summed E-state index contributed by atoms with van der Waals surface area (Å²) in [6, 6.07) is 10.8. The highest BCUT2D eigenvalue weighted by Crippen LogP contribution is 2.31. The van der Waals surface area contributed by atoms with Crippen LogP contribution in [-0.4, -0.2) is 97.6 Å². The van der Waals surface area contributed by atoms with Crippen LogP contribution in [0.3, 0.4) is 0 Å². The Bertz CT molecular complexity index is 1030. The maximum Gasteiger partial charge on any atom is 0.290 e. The van der Waals surface area contributed by atoms with E-state index in [1.165, 1.54) is 10.9 Å². The summed E-state index contributed by atoms with van der Waals surface area (Å²) in [5.41, 5.74) is 2.45. The van der Waals surface area contributed by atoms with Gasteiger partial charge in [0.15, 0.2) is 0 Å². The van der Waals surface area contributed by atoms with Crippen LogP contribution in [0.4, 0.5) is 0 Å². The van der Waals surface area contributed by atoms with Gasteiger partial charge < -0.3 is 19.5 Å². The van der Waals surface area contributed by atoms with Gasteiger partial charge in [0, 0.05) is 57.4 Å². The lowest BCUT2D eigenvalue weighted by Crippen LogP contribution is -2.57. The summed E-state index contributed by atoms with van der Waals surface area (Å²) in [6.45, 7) is 7.51. The molecule has 2 aliphatic rings. The minimum Gasteiger partial charge on any atom is -0.483 e. The second-order valence-electron chi connectivity index (χ2n) is 8.52. The van der Waals surface area contributed by atoms with Gasteiger partial charge in [0.2, 0.25) is 0 Å². The molecule has 0 atom stereocenters. The van der Waals surface area contributed by atoms with Gasteiger partial charge in [-0.2, -0.15) is 0 Å². The van der Waals surface area contributed by atoms with E-state index in [1.54, 1.807) is 12.7 Å². The number of hydrogen-bond acceptors (Lipinski definition) is 8. The van der Waals surface area contributed by atoms with Crippen molar-refractivity contribution in [1.82, 2.24) is 29.5 Å². The third-order valence-electron chi connectivity index (χ3n) is 6.31. The van der Waals surface area contributed by atoms with Crippen LogP contribution in [-0.2, 0) is 27.4 Å². The lowest BCUT2D eigenvalue weighted by molar-refractivity contribution is -0.136. The average molecular weight is 485 g/mol. The highest BCUT2D eigenvalue weighted by Gasteiger charge is 2.39. The molecule has 3 aromatic rings. The summed E-state index contributed by atoms with van der Waals surface area (Å²) in [5, 5.41) is 22.8. The molecule has 35 heavy (non-hydrogen) atoms. The number of fused-ring (bicyclic) bond motifs is 1. The van der Waals surface area contributed by atoms with E-state index in [9.17, 15) is 0 Å². The minimum absolute atomic E-state index is 0.0231. The number of likely N-dealkylation sites (tertiary alicyclic amines) is 1. The predicted octanol–water partition coefficient (Wildman–Crippen LogP) is 1.59. The van der Waals surface area contributed by atoms with Gasteiger partial charge in [0.05, 0.1) is 17.7 Å². The molecule has 0 aliphatic carbocycles. The smallest absolute Gasteiger partial charge is 0.290 e. The van der Waals surface area contributed by atoms with Gasteiger partial charge in [-0.05, 0) is 36.6 Å². The zero-order valence-corrected chi connectivity index (χ0v) is 19.6. The fourth-order valence-corrected chi connectivity index (χ4v) is 4.61. The summed E-state index contributed by atoms with van der Waals surface area (Å²) >= 11 is 0. The van der Waals surface area contributed by atoms with Gasteiger partial charge in [-0.1, -0.05) is 12.1 Å². The van der Waals surface area contributed by atoms with Crippen LogP contribution in [0.25, 0.3) is 10.9 Å². The van der Waals surface area contributed by atoms with E-state index in [-0.39, 0.29) is 18.5 Å². The highest BCUT2D eigenvalue weighted by atomic mass is 16.5. The molecule has 188 valence electrons. The van der Waals surface area contributed by atoms with E-state index in [0.29, 0.717) is 0 Å². The summed E-state index contributed by atoms with van der Waals surface area (Å²) in [5.74, 6) is 0. The quantitative estimate of drug-likeness (QED) is 0.514. The number of piperidine rings is 1. The molecule has 2 saturated heterocycles. The number of morpholine rings is 1. The molecule has 2 N–H and O–H groups in total. The van der Waals surface area contributed by atoms with Crippen molar-refractivity contribution in [3.05, 3.63) is 54.7 Å². The van der Waals surface area contributed by atoms with Gasteiger partial charge in [-0.25, -0.2) is 0 Å². The van der Waals surface area contributed by atoms with Crippen molar-refractivity contribution in [2.24, 2.45) is 0 Å². The molecule has 0 amide bonds. The van der Waals surface area contributed by atoms with E-state index >= 15 is 0 Å². The summed E-state index contributed by atoms with van der Waals surface area (Å²) in [6.07, 6.45) is 7.64. The molecule has 2 aliphatic heterocycles. The molecule has 5 rings (SSSR count). The zero-order valence-electron chi connectivity index (χ0n) is 19.6. The molecule has 1 aromatic carbocycles. The van der Waals surface area contributed by atoms with Crippen molar-refractivity contribution >= 4 is 23.8 Å². The summed E-state index contributed by atoms with van der Waals surface area (Å²) < 4.78 is 8.37. The number of rotatable bonds is 5. The van der Waals surface area contributed by atoms with Crippen LogP contribution in [0.2, 0.25) is 0 Å². The third-order valence-corrected chi connectivity index (χ3v) is 6.31. The number of pyridine rings is 1. The number of carboxylic acid groups (broad SMARTS) is 2. The van der Waals surface area contributed by atoms with Crippen LogP contribution in [0, 0.1) is 0 Å². The van der Waals surface area contributed by atoms with Gasteiger partial charge in [0.25, 0.3) is 12.9 Å². The zero-order chi connectivity index (χ0) is 24.9. The molecule has 2 fully saturated rings. The first-order valence-corrected chi connectivity index (χ1v) is 11.5. The Labute approximate surface area is 204 Å². The van der Waals surface area contributed by atoms with Gasteiger partial charge in [-0.15, -0.1) is 10.2 Å². The van der Waals surface area contributed by atoms with Crippen molar-refractivity contribution in [3.63, 3.8) is 0 Å². The van der Waals surface area contributed by atoms with Gasteiger partial charge >= 0.3 is 0 Å². The molecular formula is C24H32N6O5. The largest absolute Gasteiger partial charge is 0.483 e. The SMILES string of the molecule is O=CO.O=CO.c1cnc2ccc(CN3CCC4(CC3)CN(CCn3cnnc3)CCO4)cc2c1.